The Morgan fingerprint density at radius 2 is 0.536 bits per heavy atom. The summed E-state index contributed by atoms with van der Waals surface area (Å²) in [4.78, 5) is 0. The van der Waals surface area contributed by atoms with E-state index in [1.807, 2.05) is 11.3 Å². The van der Waals surface area contributed by atoms with Crippen LogP contribution in [0.4, 0.5) is 0 Å². The van der Waals surface area contributed by atoms with Crippen molar-refractivity contribution in [3.8, 4) is 89.0 Å². The van der Waals surface area contributed by atoms with Crippen LogP contribution in [0.3, 0.4) is 0 Å². The summed E-state index contributed by atoms with van der Waals surface area (Å²) in [7, 11) is 0. The molecule has 1 heterocycles. The van der Waals surface area contributed by atoms with Crippen LogP contribution < -0.4 is 0 Å². The molecule has 0 aliphatic rings. The average Bonchev–Trinajstić information content (AvgIpc) is 3.82. The lowest BCUT2D eigenvalue weighted by molar-refractivity contribution is 1.59. The third-order valence-electron chi connectivity index (χ3n) is 13.8. The van der Waals surface area contributed by atoms with Gasteiger partial charge < -0.3 is 0 Å². The molecule has 0 unspecified atom stereocenters. The fourth-order valence-corrected chi connectivity index (χ4v) is 11.9. The molecule has 69 heavy (non-hydrogen) atoms. The lowest BCUT2D eigenvalue weighted by Crippen LogP contribution is -1.91. The van der Waals surface area contributed by atoms with E-state index in [0.29, 0.717) is 0 Å². The predicted molar refractivity (Wildman–Crippen MR) is 298 cm³/mol. The SMILES string of the molecule is c1ccc(-c2cccc(-c3cccc4c3sc3c(-c5cccc(-c6ccccc6)c5)cc(-c5cccc(-c6ccc7c(-c8ccccc8)c8ccccc8c(-c8ccccc8)c7c6)c5)cc34)c2)cc1. The summed E-state index contributed by atoms with van der Waals surface area (Å²) in [5.41, 5.74) is 19.6. The van der Waals surface area contributed by atoms with E-state index in [0.717, 1.165) is 0 Å². The van der Waals surface area contributed by atoms with E-state index >= 15 is 0 Å². The largest absolute Gasteiger partial charge is 0.134 e. The first-order valence-corrected chi connectivity index (χ1v) is 24.5. The molecular formula is C68H44S. The Morgan fingerprint density at radius 1 is 0.174 bits per heavy atom. The molecule has 0 bridgehead atoms. The van der Waals surface area contributed by atoms with Gasteiger partial charge in [0.2, 0.25) is 0 Å². The summed E-state index contributed by atoms with van der Waals surface area (Å²) >= 11 is 1.91. The molecule has 0 nitrogen and oxygen atoms in total. The Bertz CT molecular complexity index is 4030. The monoisotopic (exact) mass is 892 g/mol. The quantitative estimate of drug-likeness (QED) is 0.133. The summed E-state index contributed by atoms with van der Waals surface area (Å²) in [5.74, 6) is 0. The predicted octanol–water partition coefficient (Wildman–Crippen LogP) is 19.7. The van der Waals surface area contributed by atoms with Crippen LogP contribution in [0.25, 0.3) is 131 Å². The van der Waals surface area contributed by atoms with Crippen molar-refractivity contribution in [2.45, 2.75) is 0 Å². The second-order valence-corrected chi connectivity index (χ2v) is 19.0. The van der Waals surface area contributed by atoms with Gasteiger partial charge in [0.25, 0.3) is 0 Å². The number of hydrogen-bond donors (Lipinski definition) is 0. The summed E-state index contributed by atoms with van der Waals surface area (Å²) in [6, 6.07) is 98.2. The Hall–Kier alpha value is -8.62. The normalized spacial score (nSPS) is 11.5. The number of hydrogen-bond acceptors (Lipinski definition) is 1. The highest BCUT2D eigenvalue weighted by atomic mass is 32.1. The first-order chi connectivity index (χ1) is 34.2. The molecule has 1 heteroatoms. The van der Waals surface area contributed by atoms with Crippen molar-refractivity contribution in [3.05, 3.63) is 267 Å². The minimum atomic E-state index is 1.19. The van der Waals surface area contributed by atoms with Crippen LogP contribution in [0.15, 0.2) is 267 Å². The van der Waals surface area contributed by atoms with E-state index < -0.39 is 0 Å². The number of rotatable bonds is 8. The number of thiophene rings is 1. The van der Waals surface area contributed by atoms with Gasteiger partial charge in [-0.1, -0.05) is 231 Å². The molecule has 12 aromatic carbocycles. The van der Waals surface area contributed by atoms with E-state index in [-0.39, 0.29) is 0 Å². The zero-order chi connectivity index (χ0) is 45.7. The second kappa shape index (κ2) is 17.2. The van der Waals surface area contributed by atoms with Crippen LogP contribution in [0, 0.1) is 0 Å². The fraction of sp³-hybridized carbons (Fsp3) is 0. The van der Waals surface area contributed by atoms with Crippen LogP contribution in [0.5, 0.6) is 0 Å². The van der Waals surface area contributed by atoms with Crippen LogP contribution in [0.1, 0.15) is 0 Å². The summed E-state index contributed by atoms with van der Waals surface area (Å²) in [5, 5.41) is 7.57. The van der Waals surface area contributed by atoms with E-state index in [4.69, 9.17) is 0 Å². The first-order valence-electron chi connectivity index (χ1n) is 23.7. The van der Waals surface area contributed by atoms with Crippen molar-refractivity contribution in [1.82, 2.24) is 0 Å². The molecular weight excluding hydrogens is 849 g/mol. The molecule has 0 saturated carbocycles. The maximum Gasteiger partial charge on any atom is 0.0434 e. The Balaban J connectivity index is 1.00. The average molecular weight is 893 g/mol. The highest BCUT2D eigenvalue weighted by Gasteiger charge is 2.20. The van der Waals surface area contributed by atoms with Crippen molar-refractivity contribution in [1.29, 1.82) is 0 Å². The van der Waals surface area contributed by atoms with Gasteiger partial charge in [0.15, 0.2) is 0 Å². The maximum atomic E-state index is 2.44. The Morgan fingerprint density at radius 3 is 1.12 bits per heavy atom. The van der Waals surface area contributed by atoms with E-state index in [1.54, 1.807) is 0 Å². The molecule has 0 spiro atoms. The molecule has 13 rings (SSSR count). The van der Waals surface area contributed by atoms with Crippen molar-refractivity contribution in [2.75, 3.05) is 0 Å². The topological polar surface area (TPSA) is 0 Å². The summed E-state index contributed by atoms with van der Waals surface area (Å²) in [6.45, 7) is 0. The standard InChI is InChI=1S/C68H44S/c1-5-19-45(20-6-1)49-27-16-31-54(40-49)57-35-18-36-61-64-44-56(43-62(68(64)69-67(57)61)55-32-17-28-50(41-55)46-21-7-2-8-22-46)52-30-15-29-51(39-52)53-37-38-60-63(42-53)66(48-25-11-4-12-26-48)59-34-14-13-33-58(59)65(60)47-23-9-3-10-24-47/h1-44H. The lowest BCUT2D eigenvalue weighted by atomic mass is 9.84. The first kappa shape index (κ1) is 40.6. The van der Waals surface area contributed by atoms with Gasteiger partial charge in [-0.2, -0.15) is 0 Å². The van der Waals surface area contributed by atoms with Gasteiger partial charge in [0.1, 0.15) is 0 Å². The van der Waals surface area contributed by atoms with Gasteiger partial charge in [0.05, 0.1) is 0 Å². The molecule has 0 N–H and O–H groups in total. The van der Waals surface area contributed by atoms with Crippen LogP contribution in [0.2, 0.25) is 0 Å². The molecule has 0 amide bonds. The molecule has 322 valence electrons. The van der Waals surface area contributed by atoms with Crippen LogP contribution in [-0.2, 0) is 0 Å². The molecule has 0 radical (unpaired) electrons. The van der Waals surface area contributed by atoms with Gasteiger partial charge in [-0.15, -0.1) is 11.3 Å². The summed E-state index contributed by atoms with van der Waals surface area (Å²) < 4.78 is 2.60. The molecule has 0 aliphatic carbocycles. The Kier molecular flexibility index (Phi) is 10.1. The molecule has 13 aromatic rings. The smallest absolute Gasteiger partial charge is 0.0434 e. The number of benzene rings is 12. The minimum absolute atomic E-state index is 1.19. The van der Waals surface area contributed by atoms with Gasteiger partial charge in [-0.3, -0.25) is 0 Å². The van der Waals surface area contributed by atoms with Crippen molar-refractivity contribution >= 4 is 53.1 Å². The zero-order valence-electron chi connectivity index (χ0n) is 37.8. The van der Waals surface area contributed by atoms with Crippen molar-refractivity contribution in [3.63, 3.8) is 0 Å². The maximum absolute atomic E-state index is 2.44. The Labute approximate surface area is 406 Å². The zero-order valence-corrected chi connectivity index (χ0v) is 38.6. The highest BCUT2D eigenvalue weighted by molar-refractivity contribution is 7.26. The highest BCUT2D eigenvalue weighted by Crippen LogP contribution is 2.48. The van der Waals surface area contributed by atoms with E-state index in [1.165, 1.54) is 131 Å². The third kappa shape index (κ3) is 7.32. The second-order valence-electron chi connectivity index (χ2n) is 17.9. The van der Waals surface area contributed by atoms with Crippen LogP contribution >= 0.6 is 11.3 Å². The van der Waals surface area contributed by atoms with Gasteiger partial charge >= 0.3 is 0 Å². The number of fused-ring (bicyclic) bond motifs is 5. The molecule has 0 aliphatic heterocycles. The minimum Gasteiger partial charge on any atom is -0.134 e. The van der Waals surface area contributed by atoms with Gasteiger partial charge in [-0.05, 0) is 141 Å². The van der Waals surface area contributed by atoms with E-state index in [9.17, 15) is 0 Å². The van der Waals surface area contributed by atoms with E-state index in [2.05, 4.69) is 267 Å². The lowest BCUT2D eigenvalue weighted by Gasteiger charge is -2.19. The van der Waals surface area contributed by atoms with Crippen molar-refractivity contribution in [2.24, 2.45) is 0 Å². The van der Waals surface area contributed by atoms with Gasteiger partial charge in [0, 0.05) is 25.7 Å². The third-order valence-corrected chi connectivity index (χ3v) is 15.1. The fourth-order valence-electron chi connectivity index (χ4n) is 10.6. The molecule has 0 atom stereocenters. The van der Waals surface area contributed by atoms with Gasteiger partial charge in [-0.25, -0.2) is 0 Å². The molecule has 1 aromatic heterocycles. The summed E-state index contributed by atoms with van der Waals surface area (Å²) in [6.07, 6.45) is 0. The van der Waals surface area contributed by atoms with Crippen LogP contribution in [-0.4, -0.2) is 0 Å². The molecule has 0 saturated heterocycles. The molecule has 0 fully saturated rings. The van der Waals surface area contributed by atoms with Crippen molar-refractivity contribution < 1.29 is 0 Å².